The Morgan fingerprint density at radius 3 is 2.53 bits per heavy atom. The number of hydrogen-bond acceptors (Lipinski definition) is 3. The van der Waals surface area contributed by atoms with Crippen LogP contribution in [0.15, 0.2) is 65.6 Å². The van der Waals surface area contributed by atoms with Gasteiger partial charge in [0.05, 0.1) is 17.1 Å². The number of aromatic nitrogens is 2. The van der Waals surface area contributed by atoms with Crippen LogP contribution in [0.5, 0.6) is 0 Å². The predicted octanol–water partition coefficient (Wildman–Crippen LogP) is 4.95. The summed E-state index contributed by atoms with van der Waals surface area (Å²) < 4.78 is 43.2. The van der Waals surface area contributed by atoms with E-state index in [9.17, 15) is 22.8 Å². The fraction of sp³-hybridized carbons (Fsp3) is 0.0870. The molecule has 2 heterocycles. The molecule has 0 saturated heterocycles. The van der Waals surface area contributed by atoms with E-state index in [1.165, 1.54) is 30.3 Å². The molecule has 0 aliphatic heterocycles. The lowest BCUT2D eigenvalue weighted by molar-refractivity contribution is 0.0938. The number of pyridine rings is 2. The molecule has 0 saturated carbocycles. The molecular weight excluding hydrogens is 443 g/mol. The van der Waals surface area contributed by atoms with Crippen LogP contribution in [0.2, 0.25) is 5.15 Å². The van der Waals surface area contributed by atoms with Crippen molar-refractivity contribution in [3.05, 3.63) is 105 Å². The number of fused-ring (bicyclic) bond motifs is 1. The number of amides is 1. The maximum absolute atomic E-state index is 14.5. The topological polar surface area (TPSA) is 64.0 Å². The van der Waals surface area contributed by atoms with Gasteiger partial charge in [0.1, 0.15) is 33.8 Å². The van der Waals surface area contributed by atoms with Crippen LogP contribution < -0.4 is 10.7 Å². The number of carbonyl (C=O) groups is 1. The van der Waals surface area contributed by atoms with Gasteiger partial charge in [-0.15, -0.1) is 0 Å². The maximum Gasteiger partial charge on any atom is 0.257 e. The molecule has 2 aromatic heterocycles. The van der Waals surface area contributed by atoms with E-state index in [1.807, 2.05) is 0 Å². The third-order valence-electron chi connectivity index (χ3n) is 4.95. The lowest BCUT2D eigenvalue weighted by Crippen LogP contribution is -2.32. The number of hydrogen-bond donors (Lipinski definition) is 1. The van der Waals surface area contributed by atoms with Crippen molar-refractivity contribution in [3.8, 4) is 5.69 Å². The molecular formula is C23H15ClF3N3O2. The Morgan fingerprint density at radius 2 is 1.81 bits per heavy atom. The van der Waals surface area contributed by atoms with Crippen LogP contribution in [0.25, 0.3) is 16.7 Å². The molecule has 1 N–H and O–H groups in total. The summed E-state index contributed by atoms with van der Waals surface area (Å²) >= 11 is 5.95. The summed E-state index contributed by atoms with van der Waals surface area (Å²) in [5.41, 5.74) is -0.899. The summed E-state index contributed by atoms with van der Waals surface area (Å²) in [5, 5.41) is 2.62. The molecule has 4 aromatic rings. The van der Waals surface area contributed by atoms with Gasteiger partial charge in [-0.25, -0.2) is 18.2 Å². The van der Waals surface area contributed by atoms with Crippen LogP contribution in [0.4, 0.5) is 13.2 Å². The number of halogens is 4. The Kier molecular flexibility index (Phi) is 5.71. The van der Waals surface area contributed by atoms with E-state index in [-0.39, 0.29) is 33.0 Å². The predicted molar refractivity (Wildman–Crippen MR) is 115 cm³/mol. The minimum atomic E-state index is -0.928. The third-order valence-corrected chi connectivity index (χ3v) is 5.16. The number of carbonyl (C=O) groups excluding carboxylic acids is 1. The first kappa shape index (κ1) is 21.6. The van der Waals surface area contributed by atoms with Gasteiger partial charge >= 0.3 is 0 Å². The lowest BCUT2D eigenvalue weighted by Gasteiger charge is -2.17. The number of rotatable bonds is 4. The molecule has 162 valence electrons. The Morgan fingerprint density at radius 1 is 1.06 bits per heavy atom. The maximum atomic E-state index is 14.5. The van der Waals surface area contributed by atoms with Crippen molar-refractivity contribution >= 4 is 28.5 Å². The summed E-state index contributed by atoms with van der Waals surface area (Å²) in [6.07, 6.45) is 1.10. The largest absolute Gasteiger partial charge is 0.345 e. The van der Waals surface area contributed by atoms with E-state index in [0.29, 0.717) is 6.07 Å². The van der Waals surface area contributed by atoms with Gasteiger partial charge in [0.15, 0.2) is 0 Å². The Hall–Kier alpha value is -3.65. The molecule has 0 aliphatic rings. The minimum absolute atomic E-state index is 0.00400. The van der Waals surface area contributed by atoms with Crippen molar-refractivity contribution < 1.29 is 18.0 Å². The van der Waals surface area contributed by atoms with E-state index in [1.54, 1.807) is 13.0 Å². The van der Waals surface area contributed by atoms with Crippen molar-refractivity contribution in [2.75, 3.05) is 0 Å². The number of nitrogens with one attached hydrogen (secondary N) is 1. The van der Waals surface area contributed by atoms with E-state index in [2.05, 4.69) is 10.3 Å². The highest BCUT2D eigenvalue weighted by atomic mass is 35.5. The number of nitrogens with zero attached hydrogens (tertiary/aromatic N) is 2. The fourth-order valence-electron chi connectivity index (χ4n) is 3.38. The Balaban J connectivity index is 1.86. The quantitative estimate of drug-likeness (QED) is 0.441. The highest BCUT2D eigenvalue weighted by Gasteiger charge is 2.21. The van der Waals surface area contributed by atoms with Crippen LogP contribution in [-0.4, -0.2) is 15.5 Å². The molecule has 2 aromatic carbocycles. The Bertz CT molecular complexity index is 1420. The smallest absolute Gasteiger partial charge is 0.257 e. The molecule has 1 amide bonds. The van der Waals surface area contributed by atoms with Crippen LogP contribution >= 0.6 is 11.6 Å². The van der Waals surface area contributed by atoms with Crippen molar-refractivity contribution in [2.24, 2.45) is 0 Å². The van der Waals surface area contributed by atoms with Crippen LogP contribution in [-0.2, 0) is 0 Å². The van der Waals surface area contributed by atoms with Gasteiger partial charge in [-0.2, -0.15) is 0 Å². The summed E-state index contributed by atoms with van der Waals surface area (Å²) in [4.78, 5) is 30.0. The first-order valence-corrected chi connectivity index (χ1v) is 9.86. The average molecular weight is 458 g/mol. The van der Waals surface area contributed by atoms with Gasteiger partial charge in [-0.3, -0.25) is 14.2 Å². The Labute approximate surface area is 185 Å². The van der Waals surface area contributed by atoms with Crippen molar-refractivity contribution in [2.45, 2.75) is 13.0 Å². The standard InChI is InChI=1S/C23H15ClF3N3O2/c1-12(14-4-2-3-5-17(14)26)28-23(32)16-11-30(19-8-6-13(25)10-18(19)27)22-15(21(16)31)7-9-20(24)29-22/h2-12H,1H3,(H,28,32). The third kappa shape index (κ3) is 3.97. The van der Waals surface area contributed by atoms with Gasteiger partial charge in [-0.1, -0.05) is 29.8 Å². The monoisotopic (exact) mass is 457 g/mol. The van der Waals surface area contributed by atoms with Gasteiger partial charge in [0, 0.05) is 17.8 Å². The SMILES string of the molecule is CC(NC(=O)c1cn(-c2ccc(F)cc2F)c2nc(Cl)ccc2c1=O)c1ccccc1F. The molecule has 0 fully saturated rings. The van der Waals surface area contributed by atoms with Crippen molar-refractivity contribution in [1.29, 1.82) is 0 Å². The lowest BCUT2D eigenvalue weighted by atomic mass is 10.1. The average Bonchev–Trinajstić information content (AvgIpc) is 2.74. The molecule has 1 unspecified atom stereocenters. The van der Waals surface area contributed by atoms with Crippen molar-refractivity contribution in [3.63, 3.8) is 0 Å². The summed E-state index contributed by atoms with van der Waals surface area (Å²) in [6.45, 7) is 1.57. The zero-order valence-corrected chi connectivity index (χ0v) is 17.3. The summed E-state index contributed by atoms with van der Waals surface area (Å²) in [6, 6.07) is 10.7. The molecule has 9 heteroatoms. The van der Waals surface area contributed by atoms with Gasteiger partial charge in [0.25, 0.3) is 5.91 Å². The second-order valence-electron chi connectivity index (χ2n) is 7.06. The van der Waals surface area contributed by atoms with Crippen molar-refractivity contribution in [1.82, 2.24) is 14.9 Å². The van der Waals surface area contributed by atoms with E-state index in [4.69, 9.17) is 11.6 Å². The van der Waals surface area contributed by atoms with Crippen LogP contribution in [0.1, 0.15) is 28.9 Å². The zero-order valence-electron chi connectivity index (χ0n) is 16.6. The highest BCUT2D eigenvalue weighted by Crippen LogP contribution is 2.22. The second-order valence-corrected chi connectivity index (χ2v) is 7.45. The normalized spacial score (nSPS) is 12.0. The molecule has 4 rings (SSSR count). The molecule has 0 spiro atoms. The van der Waals surface area contributed by atoms with Gasteiger partial charge in [0.2, 0.25) is 5.43 Å². The van der Waals surface area contributed by atoms with Crippen LogP contribution in [0, 0.1) is 17.5 Å². The molecule has 5 nitrogen and oxygen atoms in total. The first-order chi connectivity index (χ1) is 15.3. The second kappa shape index (κ2) is 8.47. The van der Waals surface area contributed by atoms with E-state index >= 15 is 0 Å². The molecule has 0 aliphatic carbocycles. The van der Waals surface area contributed by atoms with Gasteiger partial charge in [-0.05, 0) is 37.3 Å². The molecule has 0 bridgehead atoms. The number of benzene rings is 2. The molecule has 32 heavy (non-hydrogen) atoms. The summed E-state index contributed by atoms with van der Waals surface area (Å²) in [5.74, 6) is -3.02. The fourth-order valence-corrected chi connectivity index (χ4v) is 3.52. The van der Waals surface area contributed by atoms with Crippen LogP contribution in [0.3, 0.4) is 0 Å². The highest BCUT2D eigenvalue weighted by molar-refractivity contribution is 6.29. The molecule has 1 atom stereocenters. The van der Waals surface area contributed by atoms with Gasteiger partial charge < -0.3 is 5.32 Å². The first-order valence-electron chi connectivity index (χ1n) is 9.49. The van der Waals surface area contributed by atoms with E-state index < -0.39 is 34.8 Å². The minimum Gasteiger partial charge on any atom is -0.345 e. The summed E-state index contributed by atoms with van der Waals surface area (Å²) in [7, 11) is 0. The molecule has 0 radical (unpaired) electrons. The van der Waals surface area contributed by atoms with E-state index in [0.717, 1.165) is 22.9 Å². The zero-order chi connectivity index (χ0) is 23.0.